The second-order valence-corrected chi connectivity index (χ2v) is 8.07. The molecule has 0 bridgehead atoms. The summed E-state index contributed by atoms with van der Waals surface area (Å²) in [6, 6.07) is 13.7. The quantitative estimate of drug-likeness (QED) is 0.552. The number of hydrogen-bond donors (Lipinski definition) is 3. The summed E-state index contributed by atoms with van der Waals surface area (Å²) in [5.41, 5.74) is 8.77. The van der Waals surface area contributed by atoms with Crippen molar-refractivity contribution in [2.75, 3.05) is 5.32 Å². The minimum absolute atomic E-state index is 0.231. The number of primary amides is 1. The predicted molar refractivity (Wildman–Crippen MR) is 120 cm³/mol. The molecule has 0 aromatic heterocycles. The van der Waals surface area contributed by atoms with Gasteiger partial charge in [0.25, 0.3) is 5.91 Å². The lowest BCUT2D eigenvalue weighted by Crippen LogP contribution is -2.51. The number of nitrogens with one attached hydrogen (secondary N) is 1. The van der Waals surface area contributed by atoms with Crippen molar-refractivity contribution in [2.45, 2.75) is 32.5 Å². The molecule has 1 heterocycles. The molecule has 0 aliphatic carbocycles. The molecule has 0 saturated carbocycles. The van der Waals surface area contributed by atoms with Crippen molar-refractivity contribution in [3.63, 3.8) is 0 Å². The molecule has 1 aliphatic heterocycles. The summed E-state index contributed by atoms with van der Waals surface area (Å²) in [6.45, 7) is 1.81. The van der Waals surface area contributed by atoms with Crippen molar-refractivity contribution in [3.05, 3.63) is 94.0 Å². The van der Waals surface area contributed by atoms with Gasteiger partial charge in [-0.15, -0.1) is 0 Å². The average Bonchev–Trinajstić information content (AvgIpc) is 2.81. The largest absolute Gasteiger partial charge is 0.505 e. The van der Waals surface area contributed by atoms with Crippen LogP contribution in [0.2, 0.25) is 0 Å². The van der Waals surface area contributed by atoms with Crippen molar-refractivity contribution in [1.82, 2.24) is 4.90 Å². The van der Waals surface area contributed by atoms with Crippen molar-refractivity contribution < 1.29 is 23.5 Å². The monoisotopic (exact) mass is 451 g/mol. The number of aryl methyl sites for hydroxylation is 1. The molecular formula is C25H23F2N3O3. The van der Waals surface area contributed by atoms with Gasteiger partial charge >= 0.3 is 0 Å². The Morgan fingerprint density at radius 3 is 2.58 bits per heavy atom. The maximum absolute atomic E-state index is 14.1. The lowest BCUT2D eigenvalue weighted by atomic mass is 9.93. The molecule has 8 heteroatoms. The number of phenolic OH excluding ortho intramolecular Hbond substituents is 1. The Morgan fingerprint density at radius 1 is 1.12 bits per heavy atom. The van der Waals surface area contributed by atoms with Crippen molar-refractivity contribution >= 4 is 17.5 Å². The van der Waals surface area contributed by atoms with Crippen LogP contribution in [0.5, 0.6) is 5.75 Å². The first kappa shape index (κ1) is 22.3. The van der Waals surface area contributed by atoms with E-state index in [4.69, 9.17) is 5.73 Å². The van der Waals surface area contributed by atoms with Gasteiger partial charge in [0.15, 0.2) is 11.6 Å². The molecule has 3 aromatic rings. The zero-order valence-electron chi connectivity index (χ0n) is 17.9. The number of carbonyl (C=O) groups is 2. The highest BCUT2D eigenvalue weighted by Gasteiger charge is 2.33. The molecule has 170 valence electrons. The fraction of sp³-hybridized carbons (Fsp3) is 0.200. The van der Waals surface area contributed by atoms with Crippen LogP contribution in [0.1, 0.15) is 32.6 Å². The molecule has 33 heavy (non-hydrogen) atoms. The third-order valence-corrected chi connectivity index (χ3v) is 5.94. The zero-order chi connectivity index (χ0) is 23.7. The molecule has 0 radical (unpaired) electrons. The number of amides is 2. The van der Waals surface area contributed by atoms with Gasteiger partial charge < -0.3 is 21.1 Å². The number of phenols is 1. The maximum Gasteiger partial charge on any atom is 0.254 e. The van der Waals surface area contributed by atoms with Gasteiger partial charge in [-0.1, -0.05) is 30.3 Å². The fourth-order valence-electron chi connectivity index (χ4n) is 4.03. The maximum atomic E-state index is 14.1. The van der Waals surface area contributed by atoms with Crippen LogP contribution in [0.4, 0.5) is 14.5 Å². The molecule has 2 amide bonds. The van der Waals surface area contributed by atoms with E-state index in [0.29, 0.717) is 17.7 Å². The van der Waals surface area contributed by atoms with E-state index in [1.165, 1.54) is 4.90 Å². The summed E-state index contributed by atoms with van der Waals surface area (Å²) in [6.07, 6.45) is 0.338. The number of nitrogens with zero attached hydrogens (tertiary/aromatic N) is 1. The van der Waals surface area contributed by atoms with Gasteiger partial charge in [-0.3, -0.25) is 9.59 Å². The number of aromatic hydroxyl groups is 1. The van der Waals surface area contributed by atoms with Crippen LogP contribution in [0.15, 0.2) is 54.6 Å². The van der Waals surface area contributed by atoms with E-state index in [-0.39, 0.29) is 24.6 Å². The topological polar surface area (TPSA) is 95.7 Å². The van der Waals surface area contributed by atoms with E-state index in [9.17, 15) is 23.5 Å². The Labute approximate surface area is 189 Å². The third kappa shape index (κ3) is 4.37. The molecule has 0 saturated heterocycles. The Hall–Kier alpha value is -3.94. The Kier molecular flexibility index (Phi) is 6.00. The molecular weight excluding hydrogens is 428 g/mol. The minimum Gasteiger partial charge on any atom is -0.505 e. The smallest absolute Gasteiger partial charge is 0.254 e. The highest BCUT2D eigenvalue weighted by molar-refractivity contribution is 5.98. The van der Waals surface area contributed by atoms with E-state index in [0.717, 1.165) is 28.8 Å². The molecule has 1 aliphatic rings. The van der Waals surface area contributed by atoms with Gasteiger partial charge in [0.1, 0.15) is 11.9 Å². The second kappa shape index (κ2) is 8.90. The van der Waals surface area contributed by atoms with Crippen LogP contribution in [-0.4, -0.2) is 27.9 Å². The highest BCUT2D eigenvalue weighted by Crippen LogP contribution is 2.27. The number of rotatable bonds is 5. The first-order valence-electron chi connectivity index (χ1n) is 10.4. The summed E-state index contributed by atoms with van der Waals surface area (Å²) in [5, 5.41) is 12.5. The number of nitrogens with two attached hydrogens (primary N) is 1. The van der Waals surface area contributed by atoms with Gasteiger partial charge in [-0.25, -0.2) is 8.78 Å². The lowest BCUT2D eigenvalue weighted by Gasteiger charge is -2.35. The number of halogens is 2. The van der Waals surface area contributed by atoms with Crippen LogP contribution in [-0.2, 0) is 24.3 Å². The Balaban J connectivity index is 1.60. The summed E-state index contributed by atoms with van der Waals surface area (Å²) in [4.78, 5) is 26.9. The van der Waals surface area contributed by atoms with Gasteiger partial charge in [-0.05, 0) is 47.9 Å². The molecule has 0 unspecified atom stereocenters. The minimum atomic E-state index is -1.04. The third-order valence-electron chi connectivity index (χ3n) is 5.94. The fourth-order valence-corrected chi connectivity index (χ4v) is 4.03. The molecule has 0 fully saturated rings. The van der Waals surface area contributed by atoms with E-state index < -0.39 is 29.3 Å². The number of fused-ring (bicyclic) bond motifs is 1. The molecule has 4 N–H and O–H groups in total. The molecule has 4 rings (SSSR count). The van der Waals surface area contributed by atoms with Crippen LogP contribution in [0.25, 0.3) is 0 Å². The molecule has 3 aromatic carbocycles. The normalized spacial score (nSPS) is 15.1. The standard InChI is InChI=1S/C25H23F2N3O3/c1-14-6-7-16(10-20(14)29-12-18-19(26)8-9-22(31)23(18)27)25(33)30-13-17-5-3-2-4-15(17)11-21(30)24(28)32/h2-10,21,29,31H,11-13H2,1H3,(H2,28,32)/t21-/m0/s1. The highest BCUT2D eigenvalue weighted by atomic mass is 19.1. The van der Waals surface area contributed by atoms with Crippen LogP contribution in [0, 0.1) is 18.6 Å². The van der Waals surface area contributed by atoms with E-state index in [1.54, 1.807) is 25.1 Å². The zero-order valence-corrected chi connectivity index (χ0v) is 17.9. The van der Waals surface area contributed by atoms with Crippen LogP contribution >= 0.6 is 0 Å². The van der Waals surface area contributed by atoms with Crippen LogP contribution in [0.3, 0.4) is 0 Å². The number of carbonyl (C=O) groups excluding carboxylic acids is 2. The van der Waals surface area contributed by atoms with Gasteiger partial charge in [0.2, 0.25) is 5.91 Å². The van der Waals surface area contributed by atoms with Gasteiger partial charge in [-0.2, -0.15) is 0 Å². The summed E-state index contributed by atoms with van der Waals surface area (Å²) in [7, 11) is 0. The lowest BCUT2D eigenvalue weighted by molar-refractivity contribution is -0.122. The van der Waals surface area contributed by atoms with Crippen molar-refractivity contribution in [3.8, 4) is 5.75 Å². The molecule has 0 spiro atoms. The SMILES string of the molecule is Cc1ccc(C(=O)N2Cc3ccccc3C[C@H]2C(N)=O)cc1NCc1c(F)ccc(O)c1F. The average molecular weight is 451 g/mol. The van der Waals surface area contributed by atoms with E-state index >= 15 is 0 Å². The van der Waals surface area contributed by atoms with Gasteiger partial charge in [0, 0.05) is 36.3 Å². The Morgan fingerprint density at radius 2 is 1.85 bits per heavy atom. The number of anilines is 1. The molecule has 1 atom stereocenters. The van der Waals surface area contributed by atoms with E-state index in [2.05, 4.69) is 5.32 Å². The number of hydrogen-bond acceptors (Lipinski definition) is 4. The predicted octanol–water partition coefficient (Wildman–Crippen LogP) is 3.64. The van der Waals surface area contributed by atoms with Gasteiger partial charge in [0.05, 0.1) is 0 Å². The second-order valence-electron chi connectivity index (χ2n) is 8.07. The number of benzene rings is 3. The van der Waals surface area contributed by atoms with Crippen molar-refractivity contribution in [2.24, 2.45) is 5.73 Å². The first-order chi connectivity index (χ1) is 15.8. The Bertz CT molecular complexity index is 1250. The van der Waals surface area contributed by atoms with E-state index in [1.807, 2.05) is 24.3 Å². The summed E-state index contributed by atoms with van der Waals surface area (Å²) in [5.74, 6) is -3.43. The first-order valence-corrected chi connectivity index (χ1v) is 10.4. The van der Waals surface area contributed by atoms with Crippen LogP contribution < -0.4 is 11.1 Å². The summed E-state index contributed by atoms with van der Waals surface area (Å²) >= 11 is 0. The van der Waals surface area contributed by atoms with Crippen molar-refractivity contribution in [1.29, 1.82) is 0 Å². The molecule has 6 nitrogen and oxygen atoms in total. The summed E-state index contributed by atoms with van der Waals surface area (Å²) < 4.78 is 28.1.